The number of para-hydroxylation sites is 1. The topological polar surface area (TPSA) is 76.7 Å². The van der Waals surface area contributed by atoms with Crippen LogP contribution in [0.15, 0.2) is 65.5 Å². The summed E-state index contributed by atoms with van der Waals surface area (Å²) in [5.74, 6) is 0. The van der Waals surface area contributed by atoms with E-state index in [0.29, 0.717) is 12.2 Å². The minimum absolute atomic E-state index is 0.158. The maximum atomic E-state index is 13.2. The van der Waals surface area contributed by atoms with Crippen molar-refractivity contribution in [1.82, 2.24) is 14.5 Å². The van der Waals surface area contributed by atoms with Gasteiger partial charge in [-0.05, 0) is 48.4 Å². The first-order chi connectivity index (χ1) is 14.7. The van der Waals surface area contributed by atoms with Crippen LogP contribution < -0.4 is 11.3 Å². The van der Waals surface area contributed by atoms with Crippen molar-refractivity contribution in [1.29, 1.82) is 0 Å². The summed E-state index contributed by atoms with van der Waals surface area (Å²) in [5.41, 5.74) is 10.8. The zero-order valence-corrected chi connectivity index (χ0v) is 17.0. The fourth-order valence-corrected chi connectivity index (χ4v) is 4.44. The average molecular weight is 396 g/mol. The third kappa shape index (κ3) is 2.90. The molecular formula is C25H24N4O. The van der Waals surface area contributed by atoms with Crippen LogP contribution in [-0.2, 0) is 13.0 Å². The van der Waals surface area contributed by atoms with Crippen LogP contribution in [0.2, 0.25) is 0 Å². The van der Waals surface area contributed by atoms with Crippen LogP contribution in [0.25, 0.3) is 44.0 Å². The van der Waals surface area contributed by atoms with E-state index in [0.717, 1.165) is 63.4 Å². The maximum absolute atomic E-state index is 13.2. The molecule has 0 saturated carbocycles. The Bertz CT molecular complexity index is 1440. The quantitative estimate of drug-likeness (QED) is 0.426. The molecule has 0 aliphatic heterocycles. The number of nitrogens with one attached hydrogen (secondary N) is 1. The molecule has 5 heteroatoms. The van der Waals surface area contributed by atoms with Gasteiger partial charge in [0, 0.05) is 28.7 Å². The van der Waals surface area contributed by atoms with Crippen LogP contribution in [0.5, 0.6) is 0 Å². The molecular weight excluding hydrogens is 372 g/mol. The molecule has 3 aromatic carbocycles. The molecule has 0 amide bonds. The predicted molar refractivity (Wildman–Crippen MR) is 124 cm³/mol. The number of nitrogens with two attached hydrogens (primary N) is 1. The van der Waals surface area contributed by atoms with E-state index in [4.69, 9.17) is 10.7 Å². The molecule has 0 bridgehead atoms. The monoisotopic (exact) mass is 396 g/mol. The van der Waals surface area contributed by atoms with Gasteiger partial charge in [-0.2, -0.15) is 0 Å². The van der Waals surface area contributed by atoms with Gasteiger partial charge in [0.05, 0.1) is 11.0 Å². The first-order valence-corrected chi connectivity index (χ1v) is 10.4. The molecule has 0 saturated heterocycles. The van der Waals surface area contributed by atoms with Gasteiger partial charge in [0.1, 0.15) is 5.69 Å². The highest BCUT2D eigenvalue weighted by Gasteiger charge is 2.21. The van der Waals surface area contributed by atoms with Crippen molar-refractivity contribution in [3.8, 4) is 11.3 Å². The fraction of sp³-hybridized carbons (Fsp3) is 0.200. The molecule has 0 radical (unpaired) electrons. The fourth-order valence-electron chi connectivity index (χ4n) is 4.44. The molecule has 0 unspecified atom stereocenters. The van der Waals surface area contributed by atoms with E-state index >= 15 is 0 Å². The zero-order valence-electron chi connectivity index (χ0n) is 17.0. The third-order valence-corrected chi connectivity index (χ3v) is 5.80. The molecule has 150 valence electrons. The average Bonchev–Trinajstić information content (AvgIpc) is 3.09. The minimum Gasteiger partial charge on any atom is -0.344 e. The number of aryl methyl sites for hydroxylation is 1. The van der Waals surface area contributed by atoms with Crippen molar-refractivity contribution >= 4 is 32.7 Å². The smallest absolute Gasteiger partial charge is 0.275 e. The van der Waals surface area contributed by atoms with Gasteiger partial charge in [-0.1, -0.05) is 49.4 Å². The minimum atomic E-state index is -0.158. The molecule has 5 aromatic rings. The van der Waals surface area contributed by atoms with Crippen molar-refractivity contribution in [2.75, 3.05) is 6.54 Å². The van der Waals surface area contributed by atoms with Crippen molar-refractivity contribution in [2.45, 2.75) is 26.3 Å². The third-order valence-electron chi connectivity index (χ3n) is 5.80. The summed E-state index contributed by atoms with van der Waals surface area (Å²) in [5, 5.41) is 3.25. The van der Waals surface area contributed by atoms with Gasteiger partial charge in [-0.25, -0.2) is 4.98 Å². The van der Waals surface area contributed by atoms with E-state index in [-0.39, 0.29) is 5.56 Å². The number of rotatable bonds is 5. The van der Waals surface area contributed by atoms with E-state index in [1.54, 1.807) is 0 Å². The molecule has 3 N–H and O–H groups in total. The molecule has 2 aromatic heterocycles. The largest absolute Gasteiger partial charge is 0.344 e. The van der Waals surface area contributed by atoms with Crippen molar-refractivity contribution in [3.05, 3.63) is 76.7 Å². The molecule has 30 heavy (non-hydrogen) atoms. The molecule has 0 aliphatic rings. The lowest BCUT2D eigenvalue weighted by atomic mass is 10.1. The second kappa shape index (κ2) is 7.43. The van der Waals surface area contributed by atoms with E-state index in [1.807, 2.05) is 42.5 Å². The zero-order chi connectivity index (χ0) is 20.7. The van der Waals surface area contributed by atoms with Crippen LogP contribution in [0.4, 0.5) is 0 Å². The summed E-state index contributed by atoms with van der Waals surface area (Å²) in [6, 6.07) is 20.4. The summed E-state index contributed by atoms with van der Waals surface area (Å²) in [4.78, 5) is 21.1. The SMILES string of the molecule is CCc1c(-c2nc3cc4ccccc4cc3[nH]c2=O)c2ccccc2n1CCCN. The number of H-pyrrole nitrogens is 1. The van der Waals surface area contributed by atoms with E-state index in [9.17, 15) is 4.79 Å². The standard InChI is InChI=1S/C25H24N4O/c1-2-21-23(18-10-5-6-11-22(18)29(21)13-7-12-26)24-25(30)28-20-15-17-9-4-3-8-16(17)14-19(20)27-24/h3-6,8-11,14-15H,2,7,12-13,26H2,1H3,(H,28,30). The van der Waals surface area contributed by atoms with Gasteiger partial charge in [0.2, 0.25) is 0 Å². The van der Waals surface area contributed by atoms with Gasteiger partial charge in [-0.15, -0.1) is 0 Å². The predicted octanol–water partition coefficient (Wildman–Crippen LogP) is 4.61. The number of aromatic nitrogens is 3. The summed E-state index contributed by atoms with van der Waals surface area (Å²) in [7, 11) is 0. The first-order valence-electron chi connectivity index (χ1n) is 10.4. The molecule has 5 nitrogen and oxygen atoms in total. The Morgan fingerprint density at radius 2 is 1.77 bits per heavy atom. The van der Waals surface area contributed by atoms with Gasteiger partial charge in [0.15, 0.2) is 0 Å². The number of aromatic amines is 1. The van der Waals surface area contributed by atoms with Crippen molar-refractivity contribution < 1.29 is 0 Å². The lowest BCUT2D eigenvalue weighted by Crippen LogP contribution is -2.13. The highest BCUT2D eigenvalue weighted by Crippen LogP contribution is 2.34. The highest BCUT2D eigenvalue weighted by atomic mass is 16.1. The molecule has 0 fully saturated rings. The summed E-state index contributed by atoms with van der Waals surface area (Å²) < 4.78 is 2.29. The molecule has 0 spiro atoms. The van der Waals surface area contributed by atoms with Crippen molar-refractivity contribution in [3.63, 3.8) is 0 Å². The Morgan fingerprint density at radius 1 is 1.03 bits per heavy atom. The molecule has 2 heterocycles. The highest BCUT2D eigenvalue weighted by molar-refractivity contribution is 5.99. The van der Waals surface area contributed by atoms with Crippen LogP contribution in [0.1, 0.15) is 19.0 Å². The maximum Gasteiger partial charge on any atom is 0.275 e. The number of hydrogen-bond acceptors (Lipinski definition) is 3. The second-order valence-corrected chi connectivity index (χ2v) is 7.62. The van der Waals surface area contributed by atoms with Gasteiger partial charge in [0.25, 0.3) is 5.56 Å². The Labute approximate surface area is 174 Å². The van der Waals surface area contributed by atoms with Crippen molar-refractivity contribution in [2.24, 2.45) is 5.73 Å². The van der Waals surface area contributed by atoms with Crippen LogP contribution in [0.3, 0.4) is 0 Å². The second-order valence-electron chi connectivity index (χ2n) is 7.62. The lowest BCUT2D eigenvalue weighted by Gasteiger charge is -2.10. The Morgan fingerprint density at radius 3 is 2.53 bits per heavy atom. The molecule has 5 rings (SSSR count). The van der Waals surface area contributed by atoms with Crippen LogP contribution >= 0.6 is 0 Å². The van der Waals surface area contributed by atoms with Gasteiger partial charge < -0.3 is 15.3 Å². The number of fused-ring (bicyclic) bond motifs is 3. The number of nitrogens with zero attached hydrogens (tertiary/aromatic N) is 2. The van der Waals surface area contributed by atoms with Gasteiger partial charge >= 0.3 is 0 Å². The summed E-state index contributed by atoms with van der Waals surface area (Å²) >= 11 is 0. The van der Waals surface area contributed by atoms with Crippen LogP contribution in [-0.4, -0.2) is 21.1 Å². The number of hydrogen-bond donors (Lipinski definition) is 2. The Balaban J connectivity index is 1.82. The Hall–Kier alpha value is -3.44. The summed E-state index contributed by atoms with van der Waals surface area (Å²) in [6.45, 7) is 3.59. The lowest BCUT2D eigenvalue weighted by molar-refractivity contribution is 0.647. The van der Waals surface area contributed by atoms with E-state index in [2.05, 4.69) is 34.7 Å². The Kier molecular flexibility index (Phi) is 4.60. The number of benzene rings is 3. The molecule has 0 aliphatic carbocycles. The van der Waals surface area contributed by atoms with Gasteiger partial charge in [-0.3, -0.25) is 4.79 Å². The normalized spacial score (nSPS) is 11.7. The molecule has 0 atom stereocenters. The van der Waals surface area contributed by atoms with Crippen LogP contribution in [0, 0.1) is 0 Å². The first kappa shape index (κ1) is 18.6. The van der Waals surface area contributed by atoms with E-state index < -0.39 is 0 Å². The summed E-state index contributed by atoms with van der Waals surface area (Å²) in [6.07, 6.45) is 1.70. The van der Waals surface area contributed by atoms with E-state index in [1.165, 1.54) is 0 Å².